The van der Waals surface area contributed by atoms with Gasteiger partial charge in [-0.15, -0.1) is 0 Å². The molecule has 0 saturated heterocycles. The van der Waals surface area contributed by atoms with Crippen LogP contribution in [-0.4, -0.2) is 11.9 Å². The summed E-state index contributed by atoms with van der Waals surface area (Å²) in [5.74, 6) is -0.487. The van der Waals surface area contributed by atoms with Gasteiger partial charge in [-0.05, 0) is 23.8 Å². The maximum atomic E-state index is 10.9. The van der Waals surface area contributed by atoms with Crippen molar-refractivity contribution in [2.24, 2.45) is 0 Å². The van der Waals surface area contributed by atoms with Crippen LogP contribution >= 0.6 is 0 Å². The maximum Gasteiger partial charge on any atom is 0.303 e. The molecular weight excluding hydrogens is 218 g/mol. The van der Waals surface area contributed by atoms with Crippen LogP contribution in [0.5, 0.6) is 0 Å². The summed E-state index contributed by atoms with van der Waals surface area (Å²) in [6, 6.07) is 7.05. The fourth-order valence-electron chi connectivity index (χ4n) is 1.39. The number of rotatable bonds is 4. The summed E-state index contributed by atoms with van der Waals surface area (Å²) in [6.45, 7) is 6.41. The lowest BCUT2D eigenvalue weighted by Crippen LogP contribution is -2.07. The average molecular weight is 233 g/mol. The first-order chi connectivity index (χ1) is 8.02. The number of esters is 1. The van der Waals surface area contributed by atoms with Crippen molar-refractivity contribution >= 4 is 17.6 Å². The maximum absolute atomic E-state index is 10.9. The lowest BCUT2D eigenvalue weighted by molar-refractivity contribution is -0.144. The van der Waals surface area contributed by atoms with Gasteiger partial charge in [0.2, 0.25) is 5.91 Å². The van der Waals surface area contributed by atoms with Gasteiger partial charge in [-0.2, -0.15) is 0 Å². The molecule has 1 aromatic carbocycles. The van der Waals surface area contributed by atoms with Crippen LogP contribution < -0.4 is 5.32 Å². The molecule has 1 atom stereocenters. The van der Waals surface area contributed by atoms with Gasteiger partial charge in [-0.25, -0.2) is 0 Å². The monoisotopic (exact) mass is 233 g/mol. The zero-order valence-electron chi connectivity index (χ0n) is 9.90. The molecule has 0 bridgehead atoms. The van der Waals surface area contributed by atoms with Crippen LogP contribution in [0, 0.1) is 0 Å². The van der Waals surface area contributed by atoms with E-state index in [0.29, 0.717) is 5.69 Å². The number of hydrogen-bond acceptors (Lipinski definition) is 3. The van der Waals surface area contributed by atoms with Gasteiger partial charge in [0.15, 0.2) is 0 Å². The van der Waals surface area contributed by atoms with Crippen molar-refractivity contribution in [1.29, 1.82) is 0 Å². The van der Waals surface area contributed by atoms with Gasteiger partial charge in [0.25, 0.3) is 0 Å². The zero-order valence-corrected chi connectivity index (χ0v) is 9.90. The molecule has 1 aromatic rings. The number of ether oxygens (including phenoxy) is 1. The zero-order chi connectivity index (χ0) is 12.8. The number of carbonyl (C=O) groups excluding carboxylic acids is 2. The predicted octanol–water partition coefficient (Wildman–Crippen LogP) is 2.44. The van der Waals surface area contributed by atoms with E-state index in [-0.39, 0.29) is 11.9 Å². The van der Waals surface area contributed by atoms with E-state index >= 15 is 0 Å². The Hall–Kier alpha value is -2.10. The van der Waals surface area contributed by atoms with Crippen LogP contribution in [0.4, 0.5) is 5.69 Å². The first kappa shape index (κ1) is 13.0. The molecule has 1 N–H and O–H groups in total. The van der Waals surface area contributed by atoms with Gasteiger partial charge in [0.05, 0.1) is 0 Å². The molecule has 4 heteroatoms. The summed E-state index contributed by atoms with van der Waals surface area (Å²) in [6.07, 6.45) is 1.09. The third-order valence-electron chi connectivity index (χ3n) is 2.07. The Morgan fingerprint density at radius 1 is 1.29 bits per heavy atom. The smallest absolute Gasteiger partial charge is 0.303 e. The largest absolute Gasteiger partial charge is 0.453 e. The molecule has 0 aliphatic rings. The van der Waals surface area contributed by atoms with Crippen molar-refractivity contribution < 1.29 is 14.3 Å². The summed E-state index contributed by atoms with van der Waals surface area (Å²) in [7, 11) is 0. The Morgan fingerprint density at radius 2 is 1.88 bits per heavy atom. The van der Waals surface area contributed by atoms with Crippen molar-refractivity contribution in [3.05, 3.63) is 42.5 Å². The molecule has 0 radical (unpaired) electrons. The molecule has 1 unspecified atom stereocenters. The van der Waals surface area contributed by atoms with E-state index < -0.39 is 6.10 Å². The average Bonchev–Trinajstić information content (AvgIpc) is 2.26. The van der Waals surface area contributed by atoms with Crippen LogP contribution in [0.2, 0.25) is 0 Å². The highest BCUT2D eigenvalue weighted by molar-refractivity contribution is 5.88. The van der Waals surface area contributed by atoms with Crippen LogP contribution in [0.25, 0.3) is 0 Å². The lowest BCUT2D eigenvalue weighted by Gasteiger charge is -2.13. The van der Waals surface area contributed by atoms with Crippen LogP contribution in [0.3, 0.4) is 0 Å². The molecule has 0 spiro atoms. The lowest BCUT2D eigenvalue weighted by atomic mass is 10.1. The highest BCUT2D eigenvalue weighted by Crippen LogP contribution is 2.20. The fourth-order valence-corrected chi connectivity index (χ4v) is 1.39. The molecular formula is C13H15NO3. The predicted molar refractivity (Wildman–Crippen MR) is 65.4 cm³/mol. The number of amides is 1. The summed E-state index contributed by atoms with van der Waals surface area (Å²) in [5, 5.41) is 2.66. The molecule has 1 rings (SSSR count). The molecule has 0 aliphatic heterocycles. The van der Waals surface area contributed by atoms with E-state index in [4.69, 9.17) is 4.74 Å². The third kappa shape index (κ3) is 4.10. The van der Waals surface area contributed by atoms with E-state index in [1.54, 1.807) is 30.3 Å². The number of carbonyl (C=O) groups is 2. The number of benzene rings is 1. The summed E-state index contributed by atoms with van der Waals surface area (Å²) in [5.41, 5.74) is 1.51. The summed E-state index contributed by atoms with van der Waals surface area (Å²) < 4.78 is 5.06. The molecule has 0 aliphatic carbocycles. The summed E-state index contributed by atoms with van der Waals surface area (Å²) in [4.78, 5) is 21.7. The standard InChI is InChI=1S/C13H15NO3/c1-4-13(17-10(3)16)11-5-7-12(8-6-11)14-9(2)15/h4-8,13H,1H2,2-3H3,(H,14,15). The van der Waals surface area contributed by atoms with E-state index in [2.05, 4.69) is 11.9 Å². The van der Waals surface area contributed by atoms with E-state index in [1.807, 2.05) is 0 Å². The van der Waals surface area contributed by atoms with E-state index in [1.165, 1.54) is 13.8 Å². The molecule has 1 amide bonds. The Labute approximate surface area is 100 Å². The van der Waals surface area contributed by atoms with Crippen LogP contribution in [-0.2, 0) is 14.3 Å². The molecule has 0 heterocycles. The van der Waals surface area contributed by atoms with Crippen molar-refractivity contribution in [1.82, 2.24) is 0 Å². The molecule has 4 nitrogen and oxygen atoms in total. The van der Waals surface area contributed by atoms with Gasteiger partial charge < -0.3 is 10.1 Å². The SMILES string of the molecule is C=CC(OC(C)=O)c1ccc(NC(C)=O)cc1. The number of nitrogens with one attached hydrogen (secondary N) is 1. The van der Waals surface area contributed by atoms with E-state index in [0.717, 1.165) is 5.56 Å². The first-order valence-electron chi connectivity index (χ1n) is 5.20. The van der Waals surface area contributed by atoms with Gasteiger partial charge in [-0.1, -0.05) is 18.7 Å². The van der Waals surface area contributed by atoms with Crippen LogP contribution in [0.15, 0.2) is 36.9 Å². The second-order valence-electron chi connectivity index (χ2n) is 3.57. The van der Waals surface area contributed by atoms with Gasteiger partial charge in [0.1, 0.15) is 6.10 Å². The quantitative estimate of drug-likeness (QED) is 0.642. The molecule has 0 aromatic heterocycles. The summed E-state index contributed by atoms with van der Waals surface area (Å²) >= 11 is 0. The topological polar surface area (TPSA) is 55.4 Å². The minimum absolute atomic E-state index is 0.127. The minimum atomic E-state index is -0.459. The van der Waals surface area contributed by atoms with Crippen molar-refractivity contribution in [2.75, 3.05) is 5.32 Å². The second-order valence-corrected chi connectivity index (χ2v) is 3.57. The molecule has 17 heavy (non-hydrogen) atoms. The molecule has 0 fully saturated rings. The van der Waals surface area contributed by atoms with Crippen LogP contribution in [0.1, 0.15) is 25.5 Å². The van der Waals surface area contributed by atoms with Gasteiger partial charge in [0, 0.05) is 19.5 Å². The Kier molecular flexibility index (Phi) is 4.46. The molecule has 90 valence electrons. The van der Waals surface area contributed by atoms with Crippen molar-refractivity contribution in [2.45, 2.75) is 20.0 Å². The van der Waals surface area contributed by atoms with Crippen molar-refractivity contribution in [3.63, 3.8) is 0 Å². The Balaban J connectivity index is 2.81. The molecule has 0 saturated carbocycles. The Bertz CT molecular complexity index is 423. The first-order valence-corrected chi connectivity index (χ1v) is 5.20. The normalized spacial score (nSPS) is 11.4. The second kappa shape index (κ2) is 5.84. The fraction of sp³-hybridized carbons (Fsp3) is 0.231. The van der Waals surface area contributed by atoms with Crippen molar-refractivity contribution in [3.8, 4) is 0 Å². The highest BCUT2D eigenvalue weighted by Gasteiger charge is 2.10. The minimum Gasteiger partial charge on any atom is -0.453 e. The van der Waals surface area contributed by atoms with E-state index in [9.17, 15) is 9.59 Å². The highest BCUT2D eigenvalue weighted by atomic mass is 16.5. The van der Waals surface area contributed by atoms with Gasteiger partial charge in [-0.3, -0.25) is 9.59 Å². The number of anilines is 1. The third-order valence-corrected chi connectivity index (χ3v) is 2.07. The Morgan fingerprint density at radius 3 is 2.29 bits per heavy atom. The van der Waals surface area contributed by atoms with Gasteiger partial charge >= 0.3 is 5.97 Å². The number of hydrogen-bond donors (Lipinski definition) is 1.